The van der Waals surface area contributed by atoms with Crippen LogP contribution in [0.5, 0.6) is 0 Å². The van der Waals surface area contributed by atoms with Crippen LogP contribution in [-0.2, 0) is 22.4 Å². The molecule has 2 aromatic carbocycles. The van der Waals surface area contributed by atoms with Gasteiger partial charge < -0.3 is 10.6 Å². The molecule has 0 spiro atoms. The Bertz CT molecular complexity index is 787. The van der Waals surface area contributed by atoms with Crippen molar-refractivity contribution < 1.29 is 14.0 Å². The van der Waals surface area contributed by atoms with Crippen LogP contribution in [0.1, 0.15) is 31.9 Å². The largest absolute Gasteiger partial charge is 0.355 e. The summed E-state index contributed by atoms with van der Waals surface area (Å²) in [7, 11) is 0. The zero-order chi connectivity index (χ0) is 19.2. The lowest BCUT2D eigenvalue weighted by Gasteiger charge is -2.23. The Balaban J connectivity index is 1.96. The quantitative estimate of drug-likeness (QED) is 0.743. The molecule has 2 N–H and O–H groups in total. The zero-order valence-corrected chi connectivity index (χ0v) is 15.4. The van der Waals surface area contributed by atoms with Crippen LogP contribution >= 0.6 is 0 Å². The molecule has 2 amide bonds. The zero-order valence-electron chi connectivity index (χ0n) is 15.4. The Morgan fingerprint density at radius 2 is 1.58 bits per heavy atom. The van der Waals surface area contributed by atoms with Gasteiger partial charge >= 0.3 is 0 Å². The Labute approximate surface area is 153 Å². The molecule has 138 valence electrons. The summed E-state index contributed by atoms with van der Waals surface area (Å²) in [5.74, 6) is -1.06. The molecular weight excluding hydrogens is 331 g/mol. The van der Waals surface area contributed by atoms with Crippen LogP contribution in [-0.4, -0.2) is 18.4 Å². The SMILES string of the molecule is CCc1ccccc1NC(=O)C(C)(C)C(=O)NCCc1ccccc1F. The van der Waals surface area contributed by atoms with Crippen LogP contribution in [0.15, 0.2) is 48.5 Å². The number of benzene rings is 2. The topological polar surface area (TPSA) is 58.2 Å². The van der Waals surface area contributed by atoms with Crippen molar-refractivity contribution in [3.63, 3.8) is 0 Å². The standard InChI is InChI=1S/C21H25FN2O2/c1-4-15-9-6-8-12-18(15)24-20(26)21(2,3)19(25)23-14-13-16-10-5-7-11-17(16)22/h5-12H,4,13-14H2,1-3H3,(H,23,25)(H,24,26). The Kier molecular flexibility index (Phi) is 6.50. The molecule has 0 fully saturated rings. The summed E-state index contributed by atoms with van der Waals surface area (Å²) >= 11 is 0. The van der Waals surface area contributed by atoms with Gasteiger partial charge in [0, 0.05) is 12.2 Å². The van der Waals surface area contributed by atoms with Gasteiger partial charge in [-0.1, -0.05) is 43.3 Å². The fourth-order valence-electron chi connectivity index (χ4n) is 2.57. The molecule has 26 heavy (non-hydrogen) atoms. The summed E-state index contributed by atoms with van der Waals surface area (Å²) in [6.45, 7) is 5.43. The molecule has 0 atom stereocenters. The van der Waals surface area contributed by atoms with E-state index in [-0.39, 0.29) is 24.2 Å². The summed E-state index contributed by atoms with van der Waals surface area (Å²) in [6, 6.07) is 14.0. The van der Waals surface area contributed by atoms with Gasteiger partial charge in [0.05, 0.1) is 0 Å². The molecule has 0 aliphatic rings. The van der Waals surface area contributed by atoms with E-state index in [0.29, 0.717) is 17.7 Å². The highest BCUT2D eigenvalue weighted by Gasteiger charge is 2.36. The van der Waals surface area contributed by atoms with Gasteiger partial charge in [-0.3, -0.25) is 9.59 Å². The summed E-state index contributed by atoms with van der Waals surface area (Å²) in [5.41, 5.74) is 1.02. The number of halogens is 1. The summed E-state index contributed by atoms with van der Waals surface area (Å²) in [5, 5.41) is 5.57. The van der Waals surface area contributed by atoms with Crippen LogP contribution in [0, 0.1) is 11.2 Å². The molecule has 0 saturated carbocycles. The fourth-order valence-corrected chi connectivity index (χ4v) is 2.57. The first-order valence-electron chi connectivity index (χ1n) is 8.77. The third-order valence-electron chi connectivity index (χ3n) is 4.42. The third-order valence-corrected chi connectivity index (χ3v) is 4.42. The molecule has 0 saturated heterocycles. The average Bonchev–Trinajstić information content (AvgIpc) is 2.63. The van der Waals surface area contributed by atoms with Gasteiger partial charge in [0.2, 0.25) is 11.8 Å². The second-order valence-electron chi connectivity index (χ2n) is 6.69. The maximum atomic E-state index is 13.6. The lowest BCUT2D eigenvalue weighted by Crippen LogP contribution is -2.45. The van der Waals surface area contributed by atoms with E-state index in [4.69, 9.17) is 0 Å². The molecular formula is C21H25FN2O2. The first kappa shape index (κ1) is 19.6. The van der Waals surface area contributed by atoms with E-state index in [1.165, 1.54) is 6.07 Å². The van der Waals surface area contributed by atoms with Crippen LogP contribution in [0.3, 0.4) is 0 Å². The molecule has 0 bridgehead atoms. The summed E-state index contributed by atoms with van der Waals surface area (Å²) in [6.07, 6.45) is 1.15. The lowest BCUT2D eigenvalue weighted by atomic mass is 9.90. The van der Waals surface area contributed by atoms with E-state index in [0.717, 1.165) is 12.0 Å². The fraction of sp³-hybridized carbons (Fsp3) is 0.333. The van der Waals surface area contributed by atoms with Gasteiger partial charge in [-0.15, -0.1) is 0 Å². The van der Waals surface area contributed by atoms with Crippen molar-refractivity contribution in [3.05, 3.63) is 65.5 Å². The van der Waals surface area contributed by atoms with Gasteiger partial charge in [0.1, 0.15) is 11.2 Å². The first-order chi connectivity index (χ1) is 12.4. The van der Waals surface area contributed by atoms with Crippen LogP contribution in [0.2, 0.25) is 0 Å². The summed E-state index contributed by atoms with van der Waals surface area (Å²) in [4.78, 5) is 25.1. The van der Waals surface area contributed by atoms with Crippen molar-refractivity contribution >= 4 is 17.5 Å². The van der Waals surface area contributed by atoms with Gasteiger partial charge in [-0.05, 0) is 49.9 Å². The number of carbonyl (C=O) groups excluding carboxylic acids is 2. The molecule has 4 nitrogen and oxygen atoms in total. The highest BCUT2D eigenvalue weighted by Crippen LogP contribution is 2.22. The van der Waals surface area contributed by atoms with Gasteiger partial charge in [0.15, 0.2) is 0 Å². The molecule has 2 aromatic rings. The average molecular weight is 356 g/mol. The van der Waals surface area contributed by atoms with Crippen LogP contribution in [0.25, 0.3) is 0 Å². The molecule has 0 aliphatic carbocycles. The third kappa shape index (κ3) is 4.69. The number of carbonyl (C=O) groups is 2. The predicted octanol–water partition coefficient (Wildman–Crippen LogP) is 3.71. The van der Waals surface area contributed by atoms with Crippen molar-refractivity contribution in [2.45, 2.75) is 33.6 Å². The predicted molar refractivity (Wildman–Crippen MR) is 101 cm³/mol. The van der Waals surface area contributed by atoms with Crippen molar-refractivity contribution in [2.24, 2.45) is 5.41 Å². The first-order valence-corrected chi connectivity index (χ1v) is 8.77. The number of hydrogen-bond donors (Lipinski definition) is 2. The number of rotatable bonds is 7. The van der Waals surface area contributed by atoms with E-state index < -0.39 is 5.41 Å². The Morgan fingerprint density at radius 1 is 0.962 bits per heavy atom. The van der Waals surface area contributed by atoms with Crippen molar-refractivity contribution in [3.8, 4) is 0 Å². The molecule has 0 heterocycles. The second-order valence-corrected chi connectivity index (χ2v) is 6.69. The van der Waals surface area contributed by atoms with E-state index >= 15 is 0 Å². The molecule has 0 aromatic heterocycles. The van der Waals surface area contributed by atoms with Gasteiger partial charge in [-0.25, -0.2) is 4.39 Å². The minimum atomic E-state index is -1.24. The summed E-state index contributed by atoms with van der Waals surface area (Å²) < 4.78 is 13.6. The number of anilines is 1. The van der Waals surface area contributed by atoms with E-state index in [2.05, 4.69) is 10.6 Å². The minimum Gasteiger partial charge on any atom is -0.355 e. The number of hydrogen-bond acceptors (Lipinski definition) is 2. The van der Waals surface area contributed by atoms with E-state index in [1.54, 1.807) is 32.0 Å². The number of para-hydroxylation sites is 1. The normalized spacial score (nSPS) is 11.1. The van der Waals surface area contributed by atoms with E-state index in [1.807, 2.05) is 31.2 Å². The molecule has 0 aliphatic heterocycles. The van der Waals surface area contributed by atoms with E-state index in [9.17, 15) is 14.0 Å². The number of aryl methyl sites for hydroxylation is 1. The monoisotopic (exact) mass is 356 g/mol. The highest BCUT2D eigenvalue weighted by molar-refractivity contribution is 6.10. The van der Waals surface area contributed by atoms with Gasteiger partial charge in [0.25, 0.3) is 0 Å². The van der Waals surface area contributed by atoms with Crippen LogP contribution < -0.4 is 10.6 Å². The number of amides is 2. The minimum absolute atomic E-state index is 0.266. The van der Waals surface area contributed by atoms with Crippen molar-refractivity contribution in [2.75, 3.05) is 11.9 Å². The lowest BCUT2D eigenvalue weighted by molar-refractivity contribution is -0.138. The van der Waals surface area contributed by atoms with Gasteiger partial charge in [-0.2, -0.15) is 0 Å². The second kappa shape index (κ2) is 8.61. The maximum absolute atomic E-state index is 13.6. The molecule has 2 rings (SSSR count). The maximum Gasteiger partial charge on any atom is 0.239 e. The Morgan fingerprint density at radius 3 is 2.23 bits per heavy atom. The molecule has 0 unspecified atom stereocenters. The van der Waals surface area contributed by atoms with Crippen LogP contribution in [0.4, 0.5) is 10.1 Å². The van der Waals surface area contributed by atoms with Crippen molar-refractivity contribution in [1.29, 1.82) is 0 Å². The smallest absolute Gasteiger partial charge is 0.239 e. The number of nitrogens with one attached hydrogen (secondary N) is 2. The van der Waals surface area contributed by atoms with Crippen molar-refractivity contribution in [1.82, 2.24) is 5.32 Å². The Hall–Kier alpha value is -2.69. The molecule has 0 radical (unpaired) electrons. The molecule has 5 heteroatoms. The highest BCUT2D eigenvalue weighted by atomic mass is 19.1.